The molecule has 0 aliphatic heterocycles. The van der Waals surface area contributed by atoms with Gasteiger partial charge in [-0.25, -0.2) is 9.78 Å². The summed E-state index contributed by atoms with van der Waals surface area (Å²) in [4.78, 5) is 31.4. The third-order valence-electron chi connectivity index (χ3n) is 3.93. The molecule has 3 aromatic rings. The highest BCUT2D eigenvalue weighted by atomic mass is 32.2. The molecule has 2 heterocycles. The second-order valence-corrected chi connectivity index (χ2v) is 7.76. The summed E-state index contributed by atoms with van der Waals surface area (Å²) in [7, 11) is 1.51. The summed E-state index contributed by atoms with van der Waals surface area (Å²) in [6, 6.07) is 8.02. The highest BCUT2D eigenvalue weighted by molar-refractivity contribution is 8.01. The minimum absolute atomic E-state index is 0.0946. The molecule has 1 unspecified atom stereocenters. The molecule has 0 saturated heterocycles. The average molecular weight is 331 g/mol. The van der Waals surface area contributed by atoms with Crippen molar-refractivity contribution in [2.24, 2.45) is 7.05 Å². The van der Waals surface area contributed by atoms with Gasteiger partial charge >= 0.3 is 5.69 Å². The fraction of sp³-hybridized carbons (Fsp3) is 0.267. The molecule has 2 aromatic heterocycles. The Morgan fingerprint density at radius 2 is 2.18 bits per heavy atom. The first kappa shape index (κ1) is 13.8. The number of aromatic amines is 1. The second kappa shape index (κ2) is 5.10. The van der Waals surface area contributed by atoms with Gasteiger partial charge in [0.2, 0.25) is 0 Å². The predicted molar refractivity (Wildman–Crippen MR) is 88.8 cm³/mol. The number of nitrogens with one attached hydrogen (secondary N) is 1. The van der Waals surface area contributed by atoms with Gasteiger partial charge in [-0.2, -0.15) is 0 Å². The lowest BCUT2D eigenvalue weighted by molar-refractivity contribution is 0.753. The normalized spacial score (nSPS) is 17.0. The van der Waals surface area contributed by atoms with Gasteiger partial charge in [0.1, 0.15) is 0 Å². The Morgan fingerprint density at radius 1 is 1.36 bits per heavy atom. The van der Waals surface area contributed by atoms with Crippen molar-refractivity contribution in [2.45, 2.75) is 22.4 Å². The van der Waals surface area contributed by atoms with E-state index < -0.39 is 0 Å². The summed E-state index contributed by atoms with van der Waals surface area (Å²) in [5.74, 6) is 0. The molecule has 5 nitrogen and oxygen atoms in total. The zero-order chi connectivity index (χ0) is 15.3. The molecule has 1 N–H and O–H groups in total. The summed E-state index contributed by atoms with van der Waals surface area (Å²) in [5, 5.41) is 0.0946. The lowest BCUT2D eigenvalue weighted by Gasteiger charge is -2.08. The van der Waals surface area contributed by atoms with Crippen LogP contribution >= 0.6 is 23.1 Å². The van der Waals surface area contributed by atoms with Gasteiger partial charge < -0.3 is 4.98 Å². The number of benzene rings is 1. The fourth-order valence-corrected chi connectivity index (χ4v) is 5.22. The number of hydrogen-bond donors (Lipinski definition) is 1. The first-order valence-electron chi connectivity index (χ1n) is 6.98. The largest absolute Gasteiger partial charge is 0.328 e. The highest BCUT2D eigenvalue weighted by Crippen LogP contribution is 2.44. The minimum atomic E-state index is -0.347. The van der Waals surface area contributed by atoms with Gasteiger partial charge in [0, 0.05) is 18.3 Å². The molecule has 112 valence electrons. The Hall–Kier alpha value is -1.86. The molecule has 1 aliphatic carbocycles. The Morgan fingerprint density at radius 3 is 3.00 bits per heavy atom. The van der Waals surface area contributed by atoms with Crippen LogP contribution in [0.2, 0.25) is 0 Å². The number of hydrogen-bond acceptors (Lipinski definition) is 5. The van der Waals surface area contributed by atoms with Crippen molar-refractivity contribution < 1.29 is 0 Å². The molecule has 0 fully saturated rings. The molecule has 1 aromatic carbocycles. The van der Waals surface area contributed by atoms with Crippen LogP contribution in [0.5, 0.6) is 0 Å². The molecule has 4 rings (SSSR count). The number of para-hydroxylation sites is 1. The fourth-order valence-electron chi connectivity index (χ4n) is 2.76. The Balaban J connectivity index is 1.72. The standard InChI is InChI=1S/C15H13N3O2S2/c1-18-13(19)8-6-7-11(12(8)17-14(18)20)22-15-16-9-4-2-3-5-10(9)21-15/h2-5,11H,6-7H2,1H3,(H,17,20). The maximum atomic E-state index is 12.1. The van der Waals surface area contributed by atoms with Crippen LogP contribution in [0.3, 0.4) is 0 Å². The van der Waals surface area contributed by atoms with Crippen LogP contribution < -0.4 is 11.2 Å². The van der Waals surface area contributed by atoms with Crippen LogP contribution in [0.25, 0.3) is 10.2 Å². The van der Waals surface area contributed by atoms with E-state index in [2.05, 4.69) is 16.0 Å². The quantitative estimate of drug-likeness (QED) is 0.783. The molecule has 22 heavy (non-hydrogen) atoms. The van der Waals surface area contributed by atoms with Crippen molar-refractivity contribution in [1.29, 1.82) is 0 Å². The topological polar surface area (TPSA) is 67.8 Å². The molecule has 0 amide bonds. The van der Waals surface area contributed by atoms with E-state index in [1.54, 1.807) is 23.1 Å². The third kappa shape index (κ3) is 2.12. The van der Waals surface area contributed by atoms with Crippen LogP contribution in [0.15, 0.2) is 38.2 Å². The van der Waals surface area contributed by atoms with E-state index >= 15 is 0 Å². The zero-order valence-corrected chi connectivity index (χ0v) is 13.5. The van der Waals surface area contributed by atoms with E-state index in [1.165, 1.54) is 7.05 Å². The molecule has 0 saturated carbocycles. The van der Waals surface area contributed by atoms with Crippen molar-refractivity contribution in [2.75, 3.05) is 0 Å². The molecular weight excluding hydrogens is 318 g/mol. The maximum Gasteiger partial charge on any atom is 0.328 e. The van der Waals surface area contributed by atoms with E-state index in [1.807, 2.05) is 18.2 Å². The number of aromatic nitrogens is 3. The monoisotopic (exact) mass is 331 g/mol. The number of thioether (sulfide) groups is 1. The molecule has 1 atom stereocenters. The number of H-pyrrole nitrogens is 1. The van der Waals surface area contributed by atoms with Crippen molar-refractivity contribution in [3.05, 3.63) is 56.4 Å². The van der Waals surface area contributed by atoms with E-state index in [0.717, 1.165) is 36.8 Å². The van der Waals surface area contributed by atoms with Crippen LogP contribution in [-0.2, 0) is 13.5 Å². The number of nitrogens with zero attached hydrogens (tertiary/aromatic N) is 2. The Labute approximate surface area is 134 Å². The van der Waals surface area contributed by atoms with Gasteiger partial charge in [-0.15, -0.1) is 11.3 Å². The van der Waals surface area contributed by atoms with Gasteiger partial charge in [0.25, 0.3) is 5.56 Å². The van der Waals surface area contributed by atoms with E-state index in [0.29, 0.717) is 6.42 Å². The van der Waals surface area contributed by atoms with Crippen LogP contribution in [0, 0.1) is 0 Å². The molecule has 0 spiro atoms. The van der Waals surface area contributed by atoms with Gasteiger partial charge in [-0.1, -0.05) is 23.9 Å². The molecular formula is C15H13N3O2S2. The van der Waals surface area contributed by atoms with Crippen molar-refractivity contribution in [1.82, 2.24) is 14.5 Å². The molecule has 1 aliphatic rings. The summed E-state index contributed by atoms with van der Waals surface area (Å²) in [6.07, 6.45) is 1.56. The lowest BCUT2D eigenvalue weighted by atomic mass is 10.3. The van der Waals surface area contributed by atoms with Crippen molar-refractivity contribution >= 4 is 33.3 Å². The summed E-state index contributed by atoms with van der Waals surface area (Å²) < 4.78 is 3.27. The smallest absolute Gasteiger partial charge is 0.310 e. The highest BCUT2D eigenvalue weighted by Gasteiger charge is 2.28. The molecule has 0 bridgehead atoms. The van der Waals surface area contributed by atoms with E-state index in [4.69, 9.17) is 0 Å². The minimum Gasteiger partial charge on any atom is -0.310 e. The number of fused-ring (bicyclic) bond motifs is 2. The Bertz CT molecular complexity index is 953. The van der Waals surface area contributed by atoms with Crippen LogP contribution in [0.1, 0.15) is 22.9 Å². The van der Waals surface area contributed by atoms with Crippen LogP contribution in [0.4, 0.5) is 0 Å². The summed E-state index contributed by atoms with van der Waals surface area (Å²) in [5.41, 5.74) is 1.98. The van der Waals surface area contributed by atoms with Gasteiger partial charge in [-0.3, -0.25) is 9.36 Å². The second-order valence-electron chi connectivity index (χ2n) is 5.28. The van der Waals surface area contributed by atoms with E-state index in [-0.39, 0.29) is 16.5 Å². The van der Waals surface area contributed by atoms with Gasteiger partial charge in [-0.05, 0) is 25.0 Å². The number of rotatable bonds is 2. The van der Waals surface area contributed by atoms with Crippen molar-refractivity contribution in [3.8, 4) is 0 Å². The first-order chi connectivity index (χ1) is 10.6. The van der Waals surface area contributed by atoms with E-state index in [9.17, 15) is 9.59 Å². The van der Waals surface area contributed by atoms with Gasteiger partial charge in [0.15, 0.2) is 4.34 Å². The van der Waals surface area contributed by atoms with Crippen LogP contribution in [-0.4, -0.2) is 14.5 Å². The molecule has 7 heteroatoms. The maximum absolute atomic E-state index is 12.1. The first-order valence-corrected chi connectivity index (χ1v) is 8.67. The SMILES string of the molecule is Cn1c(=O)[nH]c2c(c1=O)CCC2Sc1nc2ccccc2s1. The average Bonchev–Trinajstić information content (AvgIpc) is 3.09. The predicted octanol–water partition coefficient (Wildman–Crippen LogP) is 2.46. The summed E-state index contributed by atoms with van der Waals surface area (Å²) >= 11 is 3.28. The van der Waals surface area contributed by atoms with Crippen molar-refractivity contribution in [3.63, 3.8) is 0 Å². The molecule has 0 radical (unpaired) electrons. The lowest BCUT2D eigenvalue weighted by Crippen LogP contribution is -2.35. The number of thiazole rings is 1. The van der Waals surface area contributed by atoms with Gasteiger partial charge in [0.05, 0.1) is 15.5 Å². The summed E-state index contributed by atoms with van der Waals surface area (Å²) in [6.45, 7) is 0. The third-order valence-corrected chi connectivity index (χ3v) is 6.35. The zero-order valence-electron chi connectivity index (χ0n) is 11.8. The Kier molecular flexibility index (Phi) is 3.19.